The summed E-state index contributed by atoms with van der Waals surface area (Å²) in [4.78, 5) is 17.3. The van der Waals surface area contributed by atoms with Gasteiger partial charge < -0.3 is 10.4 Å². The van der Waals surface area contributed by atoms with Gasteiger partial charge in [0.1, 0.15) is 5.69 Å². The largest absolute Gasteiger partial charge is 0.394 e. The van der Waals surface area contributed by atoms with Crippen LogP contribution in [0.4, 0.5) is 10.2 Å². The first kappa shape index (κ1) is 19.8. The van der Waals surface area contributed by atoms with Gasteiger partial charge in [0.05, 0.1) is 30.3 Å². The highest BCUT2D eigenvalue weighted by Crippen LogP contribution is 2.31. The van der Waals surface area contributed by atoms with Gasteiger partial charge in [0, 0.05) is 17.3 Å². The Morgan fingerprint density at radius 1 is 1.19 bits per heavy atom. The molecule has 5 aromatic rings. The molecule has 0 saturated heterocycles. The molecule has 0 fully saturated rings. The van der Waals surface area contributed by atoms with E-state index in [0.717, 1.165) is 5.56 Å². The van der Waals surface area contributed by atoms with Crippen molar-refractivity contribution in [3.63, 3.8) is 0 Å². The van der Waals surface area contributed by atoms with Crippen LogP contribution in [0.2, 0.25) is 0 Å². The van der Waals surface area contributed by atoms with Crippen LogP contribution in [0.1, 0.15) is 15.9 Å². The van der Waals surface area contributed by atoms with Gasteiger partial charge in [-0.3, -0.25) is 4.79 Å². The number of amides is 1. The molecule has 0 bridgehead atoms. The summed E-state index contributed by atoms with van der Waals surface area (Å²) >= 11 is 0. The molecule has 160 valence electrons. The van der Waals surface area contributed by atoms with Crippen molar-refractivity contribution in [2.24, 2.45) is 0 Å². The van der Waals surface area contributed by atoms with Crippen LogP contribution in [-0.2, 0) is 6.54 Å². The lowest BCUT2D eigenvalue weighted by atomic mass is 10.1. The summed E-state index contributed by atoms with van der Waals surface area (Å²) in [6.45, 7) is 1.79. The average molecular weight is 430 g/mol. The minimum absolute atomic E-state index is 0.120. The monoisotopic (exact) mass is 430 g/mol. The Bertz CT molecular complexity index is 1470. The van der Waals surface area contributed by atoms with Gasteiger partial charge in [0.25, 0.3) is 5.91 Å². The van der Waals surface area contributed by atoms with E-state index < -0.39 is 5.82 Å². The molecule has 2 N–H and O–H groups in total. The van der Waals surface area contributed by atoms with Crippen LogP contribution >= 0.6 is 0 Å². The van der Waals surface area contributed by atoms with Gasteiger partial charge in [-0.15, -0.1) is 0 Å². The number of nitrogens with one attached hydrogen (secondary N) is 1. The molecule has 32 heavy (non-hydrogen) atoms. The quantitative estimate of drug-likeness (QED) is 0.445. The predicted molar refractivity (Wildman–Crippen MR) is 118 cm³/mol. The summed E-state index contributed by atoms with van der Waals surface area (Å²) in [6, 6.07) is 14.0. The van der Waals surface area contributed by atoms with Crippen LogP contribution in [0, 0.1) is 12.7 Å². The molecular weight excluding hydrogens is 411 g/mol. The Morgan fingerprint density at radius 3 is 2.81 bits per heavy atom. The molecule has 4 aromatic heterocycles. The van der Waals surface area contributed by atoms with E-state index >= 15 is 4.39 Å². The van der Waals surface area contributed by atoms with Crippen LogP contribution in [0.15, 0.2) is 60.9 Å². The Labute approximate surface area is 181 Å². The van der Waals surface area contributed by atoms with Gasteiger partial charge >= 0.3 is 0 Å². The van der Waals surface area contributed by atoms with Crippen LogP contribution in [0.5, 0.6) is 0 Å². The van der Waals surface area contributed by atoms with Gasteiger partial charge in [0.15, 0.2) is 17.3 Å². The molecule has 0 aliphatic carbocycles. The number of rotatable bonds is 5. The highest BCUT2D eigenvalue weighted by atomic mass is 19.1. The number of hydrogen-bond donors (Lipinski definition) is 2. The van der Waals surface area contributed by atoms with E-state index in [1.165, 1.54) is 10.7 Å². The molecule has 5 rings (SSSR count). The van der Waals surface area contributed by atoms with E-state index in [0.29, 0.717) is 27.7 Å². The van der Waals surface area contributed by atoms with Crippen molar-refractivity contribution in [3.05, 3.63) is 77.9 Å². The van der Waals surface area contributed by atoms with Crippen LogP contribution < -0.4 is 5.32 Å². The normalized spacial score (nSPS) is 11.3. The summed E-state index contributed by atoms with van der Waals surface area (Å²) in [5, 5.41) is 21.2. The Kier molecular flexibility index (Phi) is 4.87. The second-order valence-corrected chi connectivity index (χ2v) is 7.34. The molecule has 4 heterocycles. The van der Waals surface area contributed by atoms with Crippen molar-refractivity contribution in [3.8, 4) is 11.3 Å². The van der Waals surface area contributed by atoms with Gasteiger partial charge in [-0.25, -0.2) is 18.6 Å². The summed E-state index contributed by atoms with van der Waals surface area (Å²) in [6.07, 6.45) is 3.32. The molecule has 0 atom stereocenters. The van der Waals surface area contributed by atoms with Crippen molar-refractivity contribution in [2.75, 3.05) is 11.9 Å². The molecule has 0 aliphatic heterocycles. The Hall–Kier alpha value is -4.11. The lowest BCUT2D eigenvalue weighted by Crippen LogP contribution is -2.14. The van der Waals surface area contributed by atoms with E-state index in [4.69, 9.17) is 0 Å². The topological polar surface area (TPSA) is 97.3 Å². The number of carbonyl (C=O) groups excluding carboxylic acids is 1. The first-order valence-electron chi connectivity index (χ1n) is 10.0. The predicted octanol–water partition coefficient (Wildman–Crippen LogP) is 3.44. The fraction of sp³-hybridized carbons (Fsp3) is 0.130. The number of fused-ring (bicyclic) bond motifs is 2. The van der Waals surface area contributed by atoms with Gasteiger partial charge in [-0.05, 0) is 36.8 Å². The lowest BCUT2D eigenvalue weighted by Gasteiger charge is -2.06. The molecule has 8 nitrogen and oxygen atoms in total. The number of aryl methyl sites for hydroxylation is 1. The maximum absolute atomic E-state index is 15.2. The average Bonchev–Trinajstić information content (AvgIpc) is 3.35. The zero-order valence-electron chi connectivity index (χ0n) is 17.2. The number of halogens is 1. The number of pyridine rings is 2. The van der Waals surface area contributed by atoms with Crippen LogP contribution in [0.25, 0.3) is 27.8 Å². The van der Waals surface area contributed by atoms with Crippen molar-refractivity contribution >= 4 is 28.3 Å². The van der Waals surface area contributed by atoms with E-state index in [1.54, 1.807) is 29.0 Å². The minimum atomic E-state index is -0.564. The Balaban J connectivity index is 1.63. The molecule has 9 heteroatoms. The molecule has 0 unspecified atom stereocenters. The summed E-state index contributed by atoms with van der Waals surface area (Å²) in [7, 11) is 0. The molecule has 0 radical (unpaired) electrons. The van der Waals surface area contributed by atoms with Gasteiger partial charge in [0.2, 0.25) is 0 Å². The first-order valence-corrected chi connectivity index (χ1v) is 10.0. The number of benzene rings is 1. The molecule has 1 aromatic carbocycles. The SMILES string of the molecule is Cc1ccccc1C(=O)Nc1nn(CCO)c2nc(-c3cnn4ccccc34)c(F)cc12. The zero-order valence-corrected chi connectivity index (χ0v) is 17.2. The zero-order chi connectivity index (χ0) is 22.2. The standard InChI is InChI=1S/C23H19FN6O2/c1-14-6-2-3-7-15(14)23(32)27-21-16-12-18(24)20(26-22(16)30(28-21)10-11-31)17-13-25-29-9-5-4-8-19(17)29/h2-9,12-13,31H,10-11H2,1H3,(H,27,28,32). The fourth-order valence-electron chi connectivity index (χ4n) is 3.72. The molecule has 0 aliphatic rings. The molecule has 0 saturated carbocycles. The number of anilines is 1. The summed E-state index contributed by atoms with van der Waals surface area (Å²) < 4.78 is 18.3. The maximum atomic E-state index is 15.2. The second-order valence-electron chi connectivity index (χ2n) is 7.34. The third kappa shape index (κ3) is 3.28. The maximum Gasteiger partial charge on any atom is 0.257 e. The van der Waals surface area contributed by atoms with Crippen LogP contribution in [-0.4, -0.2) is 42.0 Å². The fourth-order valence-corrected chi connectivity index (χ4v) is 3.72. The first-order chi connectivity index (χ1) is 15.6. The van der Waals surface area contributed by atoms with Crippen molar-refractivity contribution < 1.29 is 14.3 Å². The summed E-state index contributed by atoms with van der Waals surface area (Å²) in [5.74, 6) is -0.739. The van der Waals surface area contributed by atoms with E-state index in [2.05, 4.69) is 20.5 Å². The molecule has 1 amide bonds. The summed E-state index contributed by atoms with van der Waals surface area (Å²) in [5.41, 5.74) is 3.02. The molecular formula is C23H19FN6O2. The van der Waals surface area contributed by atoms with E-state index in [9.17, 15) is 9.90 Å². The number of aliphatic hydroxyl groups is 1. The number of aromatic nitrogens is 5. The Morgan fingerprint density at radius 2 is 2.00 bits per heavy atom. The van der Waals surface area contributed by atoms with Crippen molar-refractivity contribution in [1.29, 1.82) is 0 Å². The third-order valence-corrected chi connectivity index (χ3v) is 5.29. The van der Waals surface area contributed by atoms with E-state index in [1.807, 2.05) is 37.3 Å². The van der Waals surface area contributed by atoms with E-state index in [-0.39, 0.29) is 30.6 Å². The number of nitrogens with zero attached hydrogens (tertiary/aromatic N) is 5. The number of aliphatic hydroxyl groups excluding tert-OH is 1. The van der Waals surface area contributed by atoms with Gasteiger partial charge in [-0.1, -0.05) is 24.3 Å². The lowest BCUT2D eigenvalue weighted by molar-refractivity contribution is 0.102. The second kappa shape index (κ2) is 7.86. The highest BCUT2D eigenvalue weighted by molar-refractivity contribution is 6.08. The number of carbonyl (C=O) groups is 1. The van der Waals surface area contributed by atoms with Crippen LogP contribution in [0.3, 0.4) is 0 Å². The van der Waals surface area contributed by atoms with Crippen molar-refractivity contribution in [1.82, 2.24) is 24.4 Å². The smallest absolute Gasteiger partial charge is 0.257 e. The minimum Gasteiger partial charge on any atom is -0.394 e. The highest BCUT2D eigenvalue weighted by Gasteiger charge is 2.21. The van der Waals surface area contributed by atoms with Crippen molar-refractivity contribution in [2.45, 2.75) is 13.5 Å². The third-order valence-electron chi connectivity index (χ3n) is 5.29. The molecule has 0 spiro atoms. The van der Waals surface area contributed by atoms with Gasteiger partial charge in [-0.2, -0.15) is 10.2 Å². The number of hydrogen-bond acceptors (Lipinski definition) is 5.